The lowest BCUT2D eigenvalue weighted by molar-refractivity contribution is -0.155. The number of amides is 3. The van der Waals surface area contributed by atoms with Crippen LogP contribution in [-0.2, 0) is 27.3 Å². The van der Waals surface area contributed by atoms with Gasteiger partial charge in [0.25, 0.3) is 0 Å². The predicted octanol–water partition coefficient (Wildman–Crippen LogP) is 1.05. The molecule has 2 saturated heterocycles. The van der Waals surface area contributed by atoms with Crippen LogP contribution in [0.5, 0.6) is 0 Å². The second kappa shape index (κ2) is 8.03. The SMILES string of the molecule is O=C1CCC(C(=O)N2CC(Cc3ccccc3)(C(=O)NCc3cccnc3)C2)N1. The first kappa shape index (κ1) is 19.1. The number of carbonyl (C=O) groups is 3. The van der Waals surface area contributed by atoms with Gasteiger partial charge in [-0.3, -0.25) is 19.4 Å². The van der Waals surface area contributed by atoms with E-state index in [1.54, 1.807) is 17.3 Å². The van der Waals surface area contributed by atoms with Crippen molar-refractivity contribution in [2.24, 2.45) is 5.41 Å². The maximum Gasteiger partial charge on any atom is 0.245 e. The number of aromatic nitrogens is 1. The highest BCUT2D eigenvalue weighted by atomic mass is 16.2. The van der Waals surface area contributed by atoms with Crippen molar-refractivity contribution in [1.29, 1.82) is 0 Å². The van der Waals surface area contributed by atoms with Gasteiger partial charge in [0, 0.05) is 38.4 Å². The first-order valence-corrected chi connectivity index (χ1v) is 9.85. The Bertz CT molecular complexity index is 895. The van der Waals surface area contributed by atoms with Crippen molar-refractivity contribution < 1.29 is 14.4 Å². The number of rotatable bonds is 6. The largest absolute Gasteiger partial charge is 0.351 e. The molecule has 150 valence electrons. The summed E-state index contributed by atoms with van der Waals surface area (Å²) < 4.78 is 0. The third-order valence-electron chi connectivity index (χ3n) is 5.63. The molecule has 3 heterocycles. The fraction of sp³-hybridized carbons (Fsp3) is 0.364. The Morgan fingerprint density at radius 1 is 1.14 bits per heavy atom. The van der Waals surface area contributed by atoms with Crippen molar-refractivity contribution in [2.75, 3.05) is 13.1 Å². The Morgan fingerprint density at radius 3 is 2.55 bits per heavy atom. The third kappa shape index (κ3) is 4.13. The van der Waals surface area contributed by atoms with Crippen LogP contribution in [-0.4, -0.2) is 46.7 Å². The molecule has 2 aliphatic heterocycles. The van der Waals surface area contributed by atoms with Gasteiger partial charge in [-0.2, -0.15) is 0 Å². The zero-order chi connectivity index (χ0) is 20.3. The first-order chi connectivity index (χ1) is 14.1. The van der Waals surface area contributed by atoms with Crippen molar-refractivity contribution in [3.05, 3.63) is 66.0 Å². The summed E-state index contributed by atoms with van der Waals surface area (Å²) >= 11 is 0. The smallest absolute Gasteiger partial charge is 0.245 e. The van der Waals surface area contributed by atoms with Crippen LogP contribution in [0.15, 0.2) is 54.9 Å². The molecular formula is C22H24N4O3. The fourth-order valence-corrected chi connectivity index (χ4v) is 4.05. The summed E-state index contributed by atoms with van der Waals surface area (Å²) in [5.74, 6) is -0.252. The van der Waals surface area contributed by atoms with E-state index < -0.39 is 11.5 Å². The van der Waals surface area contributed by atoms with Crippen LogP contribution in [0.3, 0.4) is 0 Å². The third-order valence-corrected chi connectivity index (χ3v) is 5.63. The normalized spacial score (nSPS) is 19.9. The van der Waals surface area contributed by atoms with E-state index in [1.807, 2.05) is 42.5 Å². The number of hydrogen-bond acceptors (Lipinski definition) is 4. The van der Waals surface area contributed by atoms with Gasteiger partial charge in [0.05, 0.1) is 5.41 Å². The Balaban J connectivity index is 1.45. The van der Waals surface area contributed by atoms with E-state index in [4.69, 9.17) is 0 Å². The molecule has 0 bridgehead atoms. The zero-order valence-corrected chi connectivity index (χ0v) is 16.1. The predicted molar refractivity (Wildman–Crippen MR) is 106 cm³/mol. The molecule has 0 saturated carbocycles. The Hall–Kier alpha value is -3.22. The van der Waals surface area contributed by atoms with E-state index in [0.717, 1.165) is 11.1 Å². The molecule has 7 heteroatoms. The highest BCUT2D eigenvalue weighted by molar-refractivity contribution is 5.93. The van der Waals surface area contributed by atoms with Crippen molar-refractivity contribution in [3.8, 4) is 0 Å². The second-order valence-electron chi connectivity index (χ2n) is 7.84. The van der Waals surface area contributed by atoms with Crippen LogP contribution >= 0.6 is 0 Å². The number of nitrogens with zero attached hydrogens (tertiary/aromatic N) is 2. The highest BCUT2D eigenvalue weighted by Crippen LogP contribution is 2.35. The monoisotopic (exact) mass is 392 g/mol. The van der Waals surface area contributed by atoms with Gasteiger partial charge in [-0.05, 0) is 30.0 Å². The maximum absolute atomic E-state index is 13.1. The van der Waals surface area contributed by atoms with E-state index in [1.165, 1.54) is 0 Å². The van der Waals surface area contributed by atoms with Crippen molar-refractivity contribution >= 4 is 17.7 Å². The molecule has 1 aromatic carbocycles. The molecule has 2 N–H and O–H groups in total. The number of carbonyl (C=O) groups excluding carboxylic acids is 3. The molecule has 0 radical (unpaired) electrons. The van der Waals surface area contributed by atoms with E-state index in [-0.39, 0.29) is 17.7 Å². The number of hydrogen-bond donors (Lipinski definition) is 2. The lowest BCUT2D eigenvalue weighted by Gasteiger charge is -2.49. The van der Waals surface area contributed by atoms with Gasteiger partial charge in [-0.1, -0.05) is 36.4 Å². The van der Waals surface area contributed by atoms with Gasteiger partial charge >= 0.3 is 0 Å². The van der Waals surface area contributed by atoms with Gasteiger partial charge in [0.1, 0.15) is 6.04 Å². The Kier molecular flexibility index (Phi) is 5.29. The van der Waals surface area contributed by atoms with Crippen LogP contribution in [0.4, 0.5) is 0 Å². The molecule has 2 fully saturated rings. The summed E-state index contributed by atoms with van der Waals surface area (Å²) in [6.45, 7) is 1.10. The summed E-state index contributed by atoms with van der Waals surface area (Å²) in [4.78, 5) is 43.0. The van der Waals surface area contributed by atoms with E-state index >= 15 is 0 Å². The highest BCUT2D eigenvalue weighted by Gasteiger charge is 2.52. The lowest BCUT2D eigenvalue weighted by Crippen LogP contribution is -2.67. The number of likely N-dealkylation sites (tertiary alicyclic amines) is 1. The van der Waals surface area contributed by atoms with Crippen molar-refractivity contribution in [3.63, 3.8) is 0 Å². The minimum absolute atomic E-state index is 0.0651. The number of benzene rings is 1. The van der Waals surface area contributed by atoms with E-state index in [9.17, 15) is 14.4 Å². The molecule has 0 aliphatic carbocycles. The van der Waals surface area contributed by atoms with Gasteiger partial charge in [0.15, 0.2) is 0 Å². The lowest BCUT2D eigenvalue weighted by atomic mass is 9.73. The minimum atomic E-state index is -0.665. The quantitative estimate of drug-likeness (QED) is 0.769. The van der Waals surface area contributed by atoms with Gasteiger partial charge < -0.3 is 15.5 Å². The summed E-state index contributed by atoms with van der Waals surface area (Å²) in [7, 11) is 0. The van der Waals surface area contributed by atoms with E-state index in [2.05, 4.69) is 15.6 Å². The van der Waals surface area contributed by atoms with Gasteiger partial charge in [-0.15, -0.1) is 0 Å². The van der Waals surface area contributed by atoms with Crippen molar-refractivity contribution in [2.45, 2.75) is 31.8 Å². The first-order valence-electron chi connectivity index (χ1n) is 9.85. The molecule has 1 unspecified atom stereocenters. The summed E-state index contributed by atoms with van der Waals surface area (Å²) in [5.41, 5.74) is 1.32. The molecule has 7 nitrogen and oxygen atoms in total. The standard InChI is InChI=1S/C22H24N4O3/c27-19-9-8-18(25-19)20(28)26-14-22(15-26,11-16-5-2-1-3-6-16)21(29)24-13-17-7-4-10-23-12-17/h1-7,10,12,18H,8-9,11,13-15H2,(H,24,29)(H,25,27). The molecule has 3 amide bonds. The number of pyridine rings is 1. The summed E-state index contributed by atoms with van der Waals surface area (Å²) in [6.07, 6.45) is 4.88. The molecule has 1 aromatic heterocycles. The minimum Gasteiger partial charge on any atom is -0.351 e. The Morgan fingerprint density at radius 2 is 1.90 bits per heavy atom. The topological polar surface area (TPSA) is 91.4 Å². The Labute approximate surface area is 169 Å². The molecule has 0 spiro atoms. The van der Waals surface area contributed by atoms with Crippen LogP contribution in [0.1, 0.15) is 24.0 Å². The molecule has 2 aromatic rings. The average molecular weight is 392 g/mol. The van der Waals surface area contributed by atoms with Crippen LogP contribution in [0.2, 0.25) is 0 Å². The van der Waals surface area contributed by atoms with Crippen LogP contribution in [0, 0.1) is 5.41 Å². The van der Waals surface area contributed by atoms with Gasteiger partial charge in [0.2, 0.25) is 17.7 Å². The van der Waals surface area contributed by atoms with E-state index in [0.29, 0.717) is 38.9 Å². The summed E-state index contributed by atoms with van der Waals surface area (Å²) in [5, 5.41) is 5.73. The van der Waals surface area contributed by atoms with Crippen LogP contribution in [0.25, 0.3) is 0 Å². The molecule has 29 heavy (non-hydrogen) atoms. The van der Waals surface area contributed by atoms with Crippen LogP contribution < -0.4 is 10.6 Å². The number of nitrogens with one attached hydrogen (secondary N) is 2. The molecule has 1 atom stereocenters. The fourth-order valence-electron chi connectivity index (χ4n) is 4.05. The summed E-state index contributed by atoms with van der Waals surface area (Å²) in [6, 6.07) is 13.1. The maximum atomic E-state index is 13.1. The van der Waals surface area contributed by atoms with Crippen molar-refractivity contribution in [1.82, 2.24) is 20.5 Å². The molecule has 4 rings (SSSR count). The molecular weight excluding hydrogens is 368 g/mol. The zero-order valence-electron chi connectivity index (χ0n) is 16.1. The van der Waals surface area contributed by atoms with Gasteiger partial charge in [-0.25, -0.2) is 0 Å². The molecule has 2 aliphatic rings. The second-order valence-corrected chi connectivity index (χ2v) is 7.84. The average Bonchev–Trinajstić information content (AvgIpc) is 3.16.